The molecule has 2 aromatic rings. The minimum absolute atomic E-state index is 0.0313. The van der Waals surface area contributed by atoms with E-state index < -0.39 is 46.2 Å². The van der Waals surface area contributed by atoms with Gasteiger partial charge in [0, 0.05) is 11.6 Å². The molecule has 0 fully saturated rings. The third-order valence-corrected chi connectivity index (χ3v) is 3.02. The van der Waals surface area contributed by atoms with E-state index in [2.05, 4.69) is 4.74 Å². The lowest BCUT2D eigenvalue weighted by Gasteiger charge is -2.13. The lowest BCUT2D eigenvalue weighted by Crippen LogP contribution is -2.07. The van der Waals surface area contributed by atoms with Crippen molar-refractivity contribution >= 4 is 12.0 Å². The van der Waals surface area contributed by atoms with Gasteiger partial charge in [-0.2, -0.15) is 22.0 Å². The van der Waals surface area contributed by atoms with Gasteiger partial charge in [0.25, 0.3) is 0 Å². The van der Waals surface area contributed by atoms with E-state index in [9.17, 15) is 36.9 Å². The van der Waals surface area contributed by atoms with Crippen LogP contribution < -0.4 is 9.47 Å². The molecule has 2 aromatic carbocycles. The summed E-state index contributed by atoms with van der Waals surface area (Å²) < 4.78 is 72.2. The van der Waals surface area contributed by atoms with E-state index >= 15 is 0 Å². The molecule has 0 unspecified atom stereocenters. The first-order chi connectivity index (χ1) is 12.1. The summed E-state index contributed by atoms with van der Waals surface area (Å²) in [5, 5.41) is 11.0. The molecule has 2 rings (SSSR count). The Morgan fingerprint density at radius 1 is 1.04 bits per heavy atom. The van der Waals surface area contributed by atoms with Gasteiger partial charge in [0.15, 0.2) is 11.5 Å². The number of nitro benzene ring substituents is 1. The number of halogens is 5. The van der Waals surface area contributed by atoms with E-state index in [1.165, 1.54) is 0 Å². The molecule has 11 heteroatoms. The third kappa shape index (κ3) is 4.43. The summed E-state index contributed by atoms with van der Waals surface area (Å²) >= 11 is 0. The molecule has 0 N–H and O–H groups in total. The van der Waals surface area contributed by atoms with Crippen LogP contribution in [0.1, 0.15) is 15.9 Å². The Kier molecular flexibility index (Phi) is 5.38. The number of benzene rings is 2. The molecule has 0 aromatic heterocycles. The summed E-state index contributed by atoms with van der Waals surface area (Å²) in [4.78, 5) is 20.7. The zero-order valence-corrected chi connectivity index (χ0v) is 12.5. The van der Waals surface area contributed by atoms with Crippen LogP contribution in [0.4, 0.5) is 27.6 Å². The van der Waals surface area contributed by atoms with Crippen molar-refractivity contribution < 1.29 is 41.1 Å². The number of rotatable bonds is 6. The summed E-state index contributed by atoms with van der Waals surface area (Å²) in [6.45, 7) is -3.26. The predicted molar refractivity (Wildman–Crippen MR) is 76.6 cm³/mol. The van der Waals surface area contributed by atoms with Gasteiger partial charge in [0.2, 0.25) is 5.75 Å². The summed E-state index contributed by atoms with van der Waals surface area (Å²) in [6.07, 6.45) is -4.48. The quantitative estimate of drug-likeness (QED) is 0.312. The zero-order chi connectivity index (χ0) is 19.5. The van der Waals surface area contributed by atoms with Crippen LogP contribution in [0.3, 0.4) is 0 Å². The van der Waals surface area contributed by atoms with Gasteiger partial charge in [-0.25, -0.2) is 0 Å². The number of nitro groups is 1. The average molecular weight is 377 g/mol. The van der Waals surface area contributed by atoms with E-state index in [0.717, 1.165) is 18.2 Å². The largest absolute Gasteiger partial charge is 0.446 e. The first-order valence-electron chi connectivity index (χ1n) is 6.69. The number of hydrogen-bond donors (Lipinski definition) is 0. The normalized spacial score (nSPS) is 11.3. The monoisotopic (exact) mass is 377 g/mol. The summed E-state index contributed by atoms with van der Waals surface area (Å²) in [7, 11) is 0. The van der Waals surface area contributed by atoms with Crippen molar-refractivity contribution in [1.29, 1.82) is 0 Å². The molecule has 0 aliphatic heterocycles. The van der Waals surface area contributed by atoms with Gasteiger partial charge in [0.1, 0.15) is 6.29 Å². The van der Waals surface area contributed by atoms with Crippen molar-refractivity contribution in [2.24, 2.45) is 0 Å². The number of carbonyl (C=O) groups excluding carboxylic acids is 1. The highest BCUT2D eigenvalue weighted by molar-refractivity contribution is 5.76. The lowest BCUT2D eigenvalue weighted by atomic mass is 10.1. The highest BCUT2D eigenvalue weighted by Crippen LogP contribution is 2.40. The lowest BCUT2D eigenvalue weighted by molar-refractivity contribution is -0.385. The maximum Gasteiger partial charge on any atom is 0.416 e. The topological polar surface area (TPSA) is 78.7 Å². The number of ether oxygens (including phenoxy) is 2. The summed E-state index contributed by atoms with van der Waals surface area (Å²) in [5.41, 5.74) is -2.36. The summed E-state index contributed by atoms with van der Waals surface area (Å²) in [6, 6.07) is 4.47. The molecule has 138 valence electrons. The van der Waals surface area contributed by atoms with Crippen molar-refractivity contribution in [2.75, 3.05) is 0 Å². The van der Waals surface area contributed by atoms with Crippen LogP contribution >= 0.6 is 0 Å². The fraction of sp³-hybridized carbons (Fsp3) is 0.133. The average Bonchev–Trinajstić information content (AvgIpc) is 2.55. The number of nitrogens with zero attached hydrogens (tertiary/aromatic N) is 1. The van der Waals surface area contributed by atoms with Crippen LogP contribution in [0.5, 0.6) is 17.2 Å². The number of alkyl halides is 5. The van der Waals surface area contributed by atoms with Crippen LogP contribution in [-0.4, -0.2) is 17.8 Å². The molecule has 0 atom stereocenters. The molecule has 0 saturated carbocycles. The van der Waals surface area contributed by atoms with Crippen LogP contribution in [0.15, 0.2) is 36.4 Å². The van der Waals surface area contributed by atoms with Gasteiger partial charge in [-0.1, -0.05) is 0 Å². The van der Waals surface area contributed by atoms with Crippen molar-refractivity contribution in [3.05, 3.63) is 57.6 Å². The predicted octanol–water partition coefficient (Wildman–Crippen LogP) is 4.82. The van der Waals surface area contributed by atoms with Crippen LogP contribution in [-0.2, 0) is 6.18 Å². The molecule has 26 heavy (non-hydrogen) atoms. The van der Waals surface area contributed by atoms with Crippen LogP contribution in [0.25, 0.3) is 0 Å². The Morgan fingerprint density at radius 2 is 1.69 bits per heavy atom. The van der Waals surface area contributed by atoms with Gasteiger partial charge in [-0.15, -0.1) is 0 Å². The van der Waals surface area contributed by atoms with E-state index in [1.807, 2.05) is 0 Å². The standard InChI is InChI=1S/C15H8F5NO5/c16-14(17)26-12-3-1-8(7-22)5-13(12)25-11-4-2-9(15(18,19)20)6-10(11)21(23)24/h1-7,14H. The second-order valence-corrected chi connectivity index (χ2v) is 4.74. The van der Waals surface area contributed by atoms with Crippen molar-refractivity contribution in [2.45, 2.75) is 12.8 Å². The fourth-order valence-electron chi connectivity index (χ4n) is 1.91. The van der Waals surface area contributed by atoms with E-state index in [0.29, 0.717) is 18.4 Å². The first kappa shape index (κ1) is 19.1. The molecule has 0 saturated heterocycles. The Bertz CT molecular complexity index is 838. The van der Waals surface area contributed by atoms with Gasteiger partial charge in [-0.3, -0.25) is 14.9 Å². The van der Waals surface area contributed by atoms with Gasteiger partial charge in [0.05, 0.1) is 10.5 Å². The van der Waals surface area contributed by atoms with E-state index in [1.54, 1.807) is 0 Å². The van der Waals surface area contributed by atoms with Crippen molar-refractivity contribution in [1.82, 2.24) is 0 Å². The SMILES string of the molecule is O=Cc1ccc(OC(F)F)c(Oc2ccc(C(F)(F)F)cc2[N+](=O)[O-])c1. The van der Waals surface area contributed by atoms with Gasteiger partial charge >= 0.3 is 18.5 Å². The van der Waals surface area contributed by atoms with Gasteiger partial charge in [-0.05, 0) is 30.3 Å². The van der Waals surface area contributed by atoms with Crippen LogP contribution in [0, 0.1) is 10.1 Å². The smallest absolute Gasteiger partial charge is 0.416 e. The third-order valence-electron chi connectivity index (χ3n) is 3.02. The Balaban J connectivity index is 2.50. The molecule has 0 bridgehead atoms. The Labute approximate surface area is 141 Å². The maximum atomic E-state index is 12.7. The molecule has 0 spiro atoms. The highest BCUT2D eigenvalue weighted by atomic mass is 19.4. The van der Waals surface area contributed by atoms with Crippen LogP contribution in [0.2, 0.25) is 0 Å². The van der Waals surface area contributed by atoms with E-state index in [4.69, 9.17) is 4.74 Å². The molecule has 0 aliphatic carbocycles. The van der Waals surface area contributed by atoms with E-state index in [-0.39, 0.29) is 11.6 Å². The first-order valence-corrected chi connectivity index (χ1v) is 6.69. The van der Waals surface area contributed by atoms with Crippen molar-refractivity contribution in [3.63, 3.8) is 0 Å². The molecule has 0 amide bonds. The summed E-state index contributed by atoms with van der Waals surface area (Å²) in [5.74, 6) is -1.71. The van der Waals surface area contributed by atoms with Crippen molar-refractivity contribution in [3.8, 4) is 17.2 Å². The number of carbonyl (C=O) groups is 1. The number of hydrogen-bond acceptors (Lipinski definition) is 5. The number of aldehydes is 1. The minimum Gasteiger partial charge on any atom is -0.446 e. The zero-order valence-electron chi connectivity index (χ0n) is 12.5. The molecular weight excluding hydrogens is 369 g/mol. The Morgan fingerprint density at radius 3 is 2.23 bits per heavy atom. The van der Waals surface area contributed by atoms with Gasteiger partial charge < -0.3 is 9.47 Å². The molecule has 0 heterocycles. The fourth-order valence-corrected chi connectivity index (χ4v) is 1.91. The Hall–Kier alpha value is -3.24. The second-order valence-electron chi connectivity index (χ2n) is 4.74. The molecule has 6 nitrogen and oxygen atoms in total. The molecule has 0 radical (unpaired) electrons. The molecular formula is C15H8F5NO5. The second kappa shape index (κ2) is 7.33. The minimum atomic E-state index is -4.83. The highest BCUT2D eigenvalue weighted by Gasteiger charge is 2.33. The maximum absolute atomic E-state index is 12.7. The molecule has 0 aliphatic rings.